The average molecular weight is 373 g/mol. The molecule has 0 bridgehead atoms. The number of carbonyl (C=O) groups excluding carboxylic acids is 2. The second-order valence-corrected chi connectivity index (χ2v) is 6.87. The molecule has 0 saturated carbocycles. The van der Waals surface area contributed by atoms with Crippen molar-refractivity contribution in [2.75, 3.05) is 0 Å². The third kappa shape index (κ3) is 3.50. The molecule has 0 aliphatic heterocycles. The van der Waals surface area contributed by atoms with Crippen LogP contribution in [0.25, 0.3) is 10.9 Å². The van der Waals surface area contributed by atoms with Gasteiger partial charge in [0.2, 0.25) is 5.78 Å². The SMILES string of the molecule is O=C(OCc1cccc2cccnc12)c1ccccc1C(=O)c1cccs1. The molecule has 0 unspecified atom stereocenters. The van der Waals surface area contributed by atoms with Crippen LogP contribution < -0.4 is 0 Å². The number of aromatic nitrogens is 1. The van der Waals surface area contributed by atoms with E-state index in [2.05, 4.69) is 4.98 Å². The van der Waals surface area contributed by atoms with E-state index < -0.39 is 5.97 Å². The van der Waals surface area contributed by atoms with E-state index in [9.17, 15) is 9.59 Å². The van der Waals surface area contributed by atoms with E-state index in [0.29, 0.717) is 10.4 Å². The molecule has 0 radical (unpaired) electrons. The zero-order valence-electron chi connectivity index (χ0n) is 14.3. The molecule has 4 aromatic rings. The molecule has 0 spiro atoms. The van der Waals surface area contributed by atoms with Gasteiger partial charge in [-0.25, -0.2) is 4.79 Å². The smallest absolute Gasteiger partial charge is 0.339 e. The van der Waals surface area contributed by atoms with E-state index in [1.165, 1.54) is 11.3 Å². The minimum Gasteiger partial charge on any atom is -0.457 e. The van der Waals surface area contributed by atoms with Crippen molar-refractivity contribution >= 4 is 34.0 Å². The standard InChI is InChI=1S/C22H15NO3S/c24-21(19-11-5-13-27-19)17-9-1-2-10-18(17)22(25)26-14-16-7-3-6-15-8-4-12-23-20(15)16/h1-13H,14H2. The molecule has 0 saturated heterocycles. The molecule has 4 nitrogen and oxygen atoms in total. The van der Waals surface area contributed by atoms with Gasteiger partial charge >= 0.3 is 5.97 Å². The molecule has 4 rings (SSSR count). The summed E-state index contributed by atoms with van der Waals surface area (Å²) in [5.74, 6) is -0.701. The molecule has 0 fully saturated rings. The van der Waals surface area contributed by atoms with Crippen LogP contribution in [0.15, 0.2) is 78.3 Å². The molecule has 0 aliphatic rings. The number of hydrogen-bond donors (Lipinski definition) is 0. The van der Waals surface area contributed by atoms with Crippen molar-refractivity contribution in [2.24, 2.45) is 0 Å². The van der Waals surface area contributed by atoms with Gasteiger partial charge in [0, 0.05) is 22.7 Å². The highest BCUT2D eigenvalue weighted by Crippen LogP contribution is 2.21. The van der Waals surface area contributed by atoms with Crippen LogP contribution in [0.1, 0.15) is 31.2 Å². The Morgan fingerprint density at radius 3 is 2.52 bits per heavy atom. The zero-order chi connectivity index (χ0) is 18.6. The van der Waals surface area contributed by atoms with Crippen LogP contribution in [-0.4, -0.2) is 16.7 Å². The molecule has 2 aromatic heterocycles. The first-order valence-electron chi connectivity index (χ1n) is 8.41. The van der Waals surface area contributed by atoms with Crippen molar-refractivity contribution in [2.45, 2.75) is 6.61 Å². The maximum Gasteiger partial charge on any atom is 0.339 e. The fourth-order valence-electron chi connectivity index (χ4n) is 2.90. The summed E-state index contributed by atoms with van der Waals surface area (Å²) >= 11 is 1.35. The largest absolute Gasteiger partial charge is 0.457 e. The number of fused-ring (bicyclic) bond motifs is 1. The van der Waals surface area contributed by atoms with E-state index in [0.717, 1.165) is 16.5 Å². The van der Waals surface area contributed by atoms with Crippen molar-refractivity contribution in [1.29, 1.82) is 0 Å². The number of thiophene rings is 1. The van der Waals surface area contributed by atoms with Crippen LogP contribution in [0.2, 0.25) is 0 Å². The quantitative estimate of drug-likeness (QED) is 0.369. The number of nitrogens with zero attached hydrogens (tertiary/aromatic N) is 1. The molecule has 5 heteroatoms. The van der Waals surface area contributed by atoms with Gasteiger partial charge in [-0.15, -0.1) is 11.3 Å². The fourth-order valence-corrected chi connectivity index (χ4v) is 3.58. The number of esters is 1. The summed E-state index contributed by atoms with van der Waals surface area (Å²) in [6.07, 6.45) is 1.71. The van der Waals surface area contributed by atoms with Gasteiger partial charge in [-0.3, -0.25) is 9.78 Å². The number of benzene rings is 2. The number of carbonyl (C=O) groups is 2. The fraction of sp³-hybridized carbons (Fsp3) is 0.0455. The van der Waals surface area contributed by atoms with Crippen LogP contribution in [-0.2, 0) is 11.3 Å². The summed E-state index contributed by atoms with van der Waals surface area (Å²) in [6.45, 7) is 0.0920. The summed E-state index contributed by atoms with van der Waals surface area (Å²) in [4.78, 5) is 30.3. The maximum absolute atomic E-state index is 12.7. The highest BCUT2D eigenvalue weighted by molar-refractivity contribution is 7.12. The van der Waals surface area contributed by atoms with Gasteiger partial charge < -0.3 is 4.74 Å². The van der Waals surface area contributed by atoms with Crippen LogP contribution in [0.4, 0.5) is 0 Å². The molecular formula is C22H15NO3S. The predicted octanol–water partition coefficient (Wildman–Crippen LogP) is 4.88. The molecule has 0 amide bonds. The topological polar surface area (TPSA) is 56.3 Å². The van der Waals surface area contributed by atoms with E-state index >= 15 is 0 Å². The molecule has 0 aliphatic carbocycles. The Hall–Kier alpha value is -3.31. The Kier molecular flexibility index (Phi) is 4.77. The number of rotatable bonds is 5. The lowest BCUT2D eigenvalue weighted by atomic mass is 10.0. The van der Waals surface area contributed by atoms with Gasteiger partial charge in [0.1, 0.15) is 6.61 Å². The van der Waals surface area contributed by atoms with Gasteiger partial charge in [0.15, 0.2) is 0 Å². The van der Waals surface area contributed by atoms with Gasteiger partial charge in [-0.2, -0.15) is 0 Å². The molecule has 0 N–H and O–H groups in total. The monoisotopic (exact) mass is 373 g/mol. The lowest BCUT2D eigenvalue weighted by molar-refractivity contribution is 0.0471. The summed E-state index contributed by atoms with van der Waals surface area (Å²) in [5.41, 5.74) is 2.24. The summed E-state index contributed by atoms with van der Waals surface area (Å²) < 4.78 is 5.50. The number of ether oxygens (including phenoxy) is 1. The Balaban J connectivity index is 1.58. The van der Waals surface area contributed by atoms with E-state index in [1.807, 2.05) is 41.8 Å². The third-order valence-electron chi connectivity index (χ3n) is 4.21. The highest BCUT2D eigenvalue weighted by atomic mass is 32.1. The van der Waals surface area contributed by atoms with Crippen LogP contribution >= 0.6 is 11.3 Å². The maximum atomic E-state index is 12.7. The van der Waals surface area contributed by atoms with Gasteiger partial charge in [-0.05, 0) is 23.6 Å². The first kappa shape index (κ1) is 17.1. The highest BCUT2D eigenvalue weighted by Gasteiger charge is 2.20. The molecule has 0 atom stereocenters. The number of para-hydroxylation sites is 1. The Labute approximate surface area is 160 Å². The minimum atomic E-state index is -0.525. The molecule has 2 heterocycles. The van der Waals surface area contributed by atoms with E-state index in [1.54, 1.807) is 36.5 Å². The molecule has 2 aromatic carbocycles. The summed E-state index contributed by atoms with van der Waals surface area (Å²) in [6, 6.07) is 19.9. The van der Waals surface area contributed by atoms with Crippen molar-refractivity contribution in [1.82, 2.24) is 4.98 Å². The molecule has 27 heavy (non-hydrogen) atoms. The predicted molar refractivity (Wildman–Crippen MR) is 105 cm³/mol. The summed E-state index contributed by atoms with van der Waals surface area (Å²) in [5, 5.41) is 2.82. The van der Waals surface area contributed by atoms with Crippen molar-refractivity contribution in [3.8, 4) is 0 Å². The third-order valence-corrected chi connectivity index (χ3v) is 5.08. The van der Waals surface area contributed by atoms with E-state index in [-0.39, 0.29) is 18.0 Å². The molecular weight excluding hydrogens is 358 g/mol. The van der Waals surface area contributed by atoms with Crippen molar-refractivity contribution in [3.63, 3.8) is 0 Å². The van der Waals surface area contributed by atoms with E-state index in [4.69, 9.17) is 4.74 Å². The molecule has 132 valence electrons. The van der Waals surface area contributed by atoms with Gasteiger partial charge in [0.05, 0.1) is 16.0 Å². The van der Waals surface area contributed by atoms with Crippen molar-refractivity contribution in [3.05, 3.63) is 99.9 Å². The first-order chi connectivity index (χ1) is 13.2. The second-order valence-electron chi connectivity index (χ2n) is 5.92. The minimum absolute atomic E-state index is 0.0920. The number of hydrogen-bond acceptors (Lipinski definition) is 5. The number of ketones is 1. The van der Waals surface area contributed by atoms with Crippen LogP contribution in [0.5, 0.6) is 0 Å². The lowest BCUT2D eigenvalue weighted by Gasteiger charge is -2.10. The zero-order valence-corrected chi connectivity index (χ0v) is 15.1. The first-order valence-corrected chi connectivity index (χ1v) is 9.29. The average Bonchev–Trinajstić information content (AvgIpc) is 3.26. The number of pyridine rings is 1. The normalized spacial score (nSPS) is 10.7. The van der Waals surface area contributed by atoms with Gasteiger partial charge in [-0.1, -0.05) is 48.5 Å². The summed E-state index contributed by atoms with van der Waals surface area (Å²) in [7, 11) is 0. The Morgan fingerprint density at radius 2 is 1.70 bits per heavy atom. The van der Waals surface area contributed by atoms with Gasteiger partial charge in [0.25, 0.3) is 0 Å². The Bertz CT molecular complexity index is 1110. The Morgan fingerprint density at radius 1 is 0.889 bits per heavy atom. The van der Waals surface area contributed by atoms with Crippen molar-refractivity contribution < 1.29 is 14.3 Å². The van der Waals surface area contributed by atoms with Crippen LogP contribution in [0, 0.1) is 0 Å². The lowest BCUT2D eigenvalue weighted by Crippen LogP contribution is -2.12. The van der Waals surface area contributed by atoms with Crippen LogP contribution in [0.3, 0.4) is 0 Å². The second kappa shape index (κ2) is 7.51.